The van der Waals surface area contributed by atoms with E-state index in [0.717, 1.165) is 57.9 Å². The Bertz CT molecular complexity index is 964. The molecule has 0 radical (unpaired) electrons. The minimum atomic E-state index is -0.351. The fourth-order valence-corrected chi connectivity index (χ4v) is 4.77. The van der Waals surface area contributed by atoms with E-state index < -0.39 is 0 Å². The van der Waals surface area contributed by atoms with E-state index >= 15 is 0 Å². The first kappa shape index (κ1) is 17.1. The lowest BCUT2D eigenvalue weighted by molar-refractivity contribution is 0.214. The molecule has 7 nitrogen and oxygen atoms in total. The first-order valence-electron chi connectivity index (χ1n) is 8.77. The Kier molecular flexibility index (Phi) is 4.24. The molecule has 3 heterocycles. The Morgan fingerprint density at radius 2 is 1.96 bits per heavy atom. The van der Waals surface area contributed by atoms with E-state index in [0.29, 0.717) is 5.82 Å². The number of fused-ring (bicyclic) bond motifs is 1. The van der Waals surface area contributed by atoms with Crippen molar-refractivity contribution in [2.45, 2.75) is 45.1 Å². The topological polar surface area (TPSA) is 110 Å². The van der Waals surface area contributed by atoms with E-state index in [1.165, 1.54) is 0 Å². The highest BCUT2D eigenvalue weighted by Crippen LogP contribution is 2.39. The van der Waals surface area contributed by atoms with Crippen LogP contribution < -0.4 is 11.1 Å². The van der Waals surface area contributed by atoms with E-state index in [1.54, 1.807) is 17.5 Å². The van der Waals surface area contributed by atoms with Gasteiger partial charge in [0.2, 0.25) is 5.95 Å². The zero-order chi connectivity index (χ0) is 18.3. The second kappa shape index (κ2) is 6.44. The highest BCUT2D eigenvalue weighted by Gasteiger charge is 2.34. The molecule has 4 rings (SSSR count). The zero-order valence-electron chi connectivity index (χ0n) is 14.9. The molecule has 0 spiro atoms. The van der Waals surface area contributed by atoms with Crippen LogP contribution in [0.3, 0.4) is 0 Å². The number of nitrogens with zero attached hydrogens (tertiary/aromatic N) is 4. The molecule has 1 aliphatic carbocycles. The number of nitrogens with two attached hydrogens (primary N) is 1. The Hall–Kier alpha value is -2.32. The van der Waals surface area contributed by atoms with Gasteiger partial charge in [-0.2, -0.15) is 4.98 Å². The summed E-state index contributed by atoms with van der Waals surface area (Å²) in [6.07, 6.45) is 5.80. The predicted octanol–water partition coefficient (Wildman–Crippen LogP) is 3.06. The number of hydrogen-bond acceptors (Lipinski definition) is 8. The molecule has 1 aliphatic rings. The lowest BCUT2D eigenvalue weighted by Crippen LogP contribution is -2.39. The predicted molar refractivity (Wildman–Crippen MR) is 104 cm³/mol. The number of aromatic nitrogens is 4. The van der Waals surface area contributed by atoms with Gasteiger partial charge in [-0.25, -0.2) is 9.97 Å². The number of nitrogen functional groups attached to an aromatic ring is 1. The van der Waals surface area contributed by atoms with Crippen LogP contribution in [0.15, 0.2) is 12.3 Å². The van der Waals surface area contributed by atoms with Gasteiger partial charge in [-0.05, 0) is 32.8 Å². The number of aliphatic hydroxyl groups excluding tert-OH is 1. The summed E-state index contributed by atoms with van der Waals surface area (Å²) in [7, 11) is 0. The number of aryl methyl sites for hydroxylation is 2. The molecule has 0 bridgehead atoms. The molecule has 0 atom stereocenters. The first-order chi connectivity index (χ1) is 12.5. The SMILES string of the molecule is Cc1nc(N)nc(NC2(CO)CCCC2)c1-c1nc2c(C)nccc2s1. The molecule has 0 aliphatic heterocycles. The molecule has 0 saturated heterocycles. The van der Waals surface area contributed by atoms with Crippen LogP contribution in [0.1, 0.15) is 37.1 Å². The van der Waals surface area contributed by atoms with Gasteiger partial charge >= 0.3 is 0 Å². The van der Waals surface area contributed by atoms with Crippen molar-refractivity contribution in [1.82, 2.24) is 19.9 Å². The molecule has 1 saturated carbocycles. The molecular weight excluding hydrogens is 348 g/mol. The van der Waals surface area contributed by atoms with Crippen molar-refractivity contribution in [2.75, 3.05) is 17.7 Å². The van der Waals surface area contributed by atoms with Gasteiger partial charge in [0, 0.05) is 6.20 Å². The quantitative estimate of drug-likeness (QED) is 0.647. The molecule has 3 aromatic heterocycles. The fraction of sp³-hybridized carbons (Fsp3) is 0.444. The molecule has 26 heavy (non-hydrogen) atoms. The van der Waals surface area contributed by atoms with Crippen LogP contribution >= 0.6 is 11.3 Å². The van der Waals surface area contributed by atoms with Gasteiger partial charge in [0.05, 0.1) is 33.8 Å². The Morgan fingerprint density at radius 1 is 1.19 bits per heavy atom. The maximum absolute atomic E-state index is 9.97. The van der Waals surface area contributed by atoms with Crippen molar-refractivity contribution in [1.29, 1.82) is 0 Å². The van der Waals surface area contributed by atoms with Crippen molar-refractivity contribution in [2.24, 2.45) is 0 Å². The van der Waals surface area contributed by atoms with E-state index in [2.05, 4.69) is 20.3 Å². The number of hydrogen-bond donors (Lipinski definition) is 3. The van der Waals surface area contributed by atoms with Crippen LogP contribution in [0.5, 0.6) is 0 Å². The molecule has 0 unspecified atom stereocenters. The number of rotatable bonds is 4. The van der Waals surface area contributed by atoms with Crippen LogP contribution in [0.25, 0.3) is 20.8 Å². The van der Waals surface area contributed by atoms with E-state index in [4.69, 9.17) is 10.7 Å². The average Bonchev–Trinajstić information content (AvgIpc) is 3.22. The second-order valence-electron chi connectivity index (χ2n) is 6.92. The Labute approximate surface area is 155 Å². The van der Waals surface area contributed by atoms with Crippen molar-refractivity contribution in [3.63, 3.8) is 0 Å². The molecule has 136 valence electrons. The van der Waals surface area contributed by atoms with Crippen LogP contribution in [0, 0.1) is 13.8 Å². The van der Waals surface area contributed by atoms with Gasteiger partial charge < -0.3 is 16.2 Å². The number of aliphatic hydroxyl groups is 1. The first-order valence-corrected chi connectivity index (χ1v) is 9.59. The minimum Gasteiger partial charge on any atom is -0.394 e. The zero-order valence-corrected chi connectivity index (χ0v) is 15.7. The van der Waals surface area contributed by atoms with Gasteiger partial charge in [-0.1, -0.05) is 12.8 Å². The molecule has 8 heteroatoms. The fourth-order valence-electron chi connectivity index (χ4n) is 3.66. The highest BCUT2D eigenvalue weighted by molar-refractivity contribution is 7.21. The third-order valence-electron chi connectivity index (χ3n) is 5.06. The van der Waals surface area contributed by atoms with Crippen LogP contribution in [0.4, 0.5) is 11.8 Å². The summed E-state index contributed by atoms with van der Waals surface area (Å²) < 4.78 is 1.08. The van der Waals surface area contributed by atoms with Gasteiger partial charge in [-0.15, -0.1) is 11.3 Å². The molecule has 4 N–H and O–H groups in total. The maximum Gasteiger partial charge on any atom is 0.222 e. The average molecular weight is 370 g/mol. The Balaban J connectivity index is 1.85. The third kappa shape index (κ3) is 2.89. The molecule has 1 fully saturated rings. The maximum atomic E-state index is 9.97. The van der Waals surface area contributed by atoms with Gasteiger partial charge in [0.25, 0.3) is 0 Å². The summed E-state index contributed by atoms with van der Waals surface area (Å²) in [5.41, 5.74) is 8.98. The summed E-state index contributed by atoms with van der Waals surface area (Å²) in [5.74, 6) is 0.870. The van der Waals surface area contributed by atoms with E-state index in [1.807, 2.05) is 19.9 Å². The number of anilines is 2. The second-order valence-corrected chi connectivity index (χ2v) is 7.95. The minimum absolute atomic E-state index is 0.0677. The monoisotopic (exact) mass is 370 g/mol. The molecule has 3 aromatic rings. The van der Waals surface area contributed by atoms with Crippen molar-refractivity contribution in [3.05, 3.63) is 23.7 Å². The summed E-state index contributed by atoms with van der Waals surface area (Å²) >= 11 is 1.59. The van der Waals surface area contributed by atoms with Crippen molar-refractivity contribution < 1.29 is 5.11 Å². The lowest BCUT2D eigenvalue weighted by Gasteiger charge is -2.29. The molecule has 0 aromatic carbocycles. The lowest BCUT2D eigenvalue weighted by atomic mass is 9.98. The standard InChI is InChI=1S/C18H22N6OS/c1-10-13(16-22-14-11(2)20-8-5-12(14)26-16)15(23-17(19)21-10)24-18(9-25)6-3-4-7-18/h5,8,25H,3-4,6-7,9H2,1-2H3,(H3,19,21,23,24). The Morgan fingerprint density at radius 3 is 2.65 bits per heavy atom. The number of nitrogens with one attached hydrogen (secondary N) is 1. The highest BCUT2D eigenvalue weighted by atomic mass is 32.1. The summed E-state index contributed by atoms with van der Waals surface area (Å²) in [6, 6.07) is 1.97. The van der Waals surface area contributed by atoms with Gasteiger partial charge in [0.15, 0.2) is 0 Å². The van der Waals surface area contributed by atoms with Gasteiger partial charge in [0.1, 0.15) is 16.3 Å². The van der Waals surface area contributed by atoms with E-state index in [9.17, 15) is 5.11 Å². The normalized spacial score (nSPS) is 16.3. The van der Waals surface area contributed by atoms with Crippen molar-refractivity contribution >= 4 is 33.3 Å². The molecule has 0 amide bonds. The van der Waals surface area contributed by atoms with Crippen LogP contribution in [0.2, 0.25) is 0 Å². The smallest absolute Gasteiger partial charge is 0.222 e. The third-order valence-corrected chi connectivity index (χ3v) is 6.10. The largest absolute Gasteiger partial charge is 0.394 e. The number of thiazole rings is 1. The van der Waals surface area contributed by atoms with Crippen molar-refractivity contribution in [3.8, 4) is 10.6 Å². The van der Waals surface area contributed by atoms with Gasteiger partial charge in [-0.3, -0.25) is 4.98 Å². The van der Waals surface area contributed by atoms with E-state index in [-0.39, 0.29) is 18.1 Å². The van der Waals surface area contributed by atoms with Crippen LogP contribution in [-0.2, 0) is 0 Å². The molecular formula is C18H22N6OS. The summed E-state index contributed by atoms with van der Waals surface area (Å²) in [5, 5.41) is 14.3. The number of pyridine rings is 1. The summed E-state index contributed by atoms with van der Waals surface area (Å²) in [4.78, 5) is 17.9. The summed E-state index contributed by atoms with van der Waals surface area (Å²) in [6.45, 7) is 3.94. The van der Waals surface area contributed by atoms with Crippen LogP contribution in [-0.4, -0.2) is 37.2 Å².